The number of nitrogens with zero attached hydrogens (tertiary/aromatic N) is 1. The second-order valence-corrected chi connectivity index (χ2v) is 5.92. The highest BCUT2D eigenvalue weighted by Crippen LogP contribution is 2.38. The van der Waals surface area contributed by atoms with Gasteiger partial charge in [0.2, 0.25) is 0 Å². The van der Waals surface area contributed by atoms with E-state index in [1.165, 1.54) is 16.4 Å². The molecule has 2 atom stereocenters. The second kappa shape index (κ2) is 4.36. The molecule has 17 heavy (non-hydrogen) atoms. The molecular weight excluding hydrogens is 243 g/mol. The van der Waals surface area contributed by atoms with Crippen LogP contribution in [0.15, 0.2) is 24.3 Å². The van der Waals surface area contributed by atoms with E-state index >= 15 is 0 Å². The van der Waals surface area contributed by atoms with Crippen LogP contribution >= 0.6 is 0 Å². The molecule has 0 saturated carbocycles. The zero-order valence-corrected chi connectivity index (χ0v) is 10.3. The molecule has 0 unspecified atom stereocenters. The molecule has 1 aliphatic heterocycles. The van der Waals surface area contributed by atoms with Gasteiger partial charge in [-0.2, -0.15) is 12.7 Å². The molecule has 0 radical (unpaired) electrons. The van der Waals surface area contributed by atoms with Gasteiger partial charge in [0.15, 0.2) is 0 Å². The van der Waals surface area contributed by atoms with Gasteiger partial charge in [0.25, 0.3) is 10.2 Å². The van der Waals surface area contributed by atoms with E-state index in [1.54, 1.807) is 12.1 Å². The summed E-state index contributed by atoms with van der Waals surface area (Å²) in [7, 11) is -3.73. The maximum atomic E-state index is 13.2. The molecule has 0 amide bonds. The first-order chi connectivity index (χ1) is 7.89. The first-order valence-electron chi connectivity index (χ1n) is 5.44. The van der Waals surface area contributed by atoms with Crippen molar-refractivity contribution in [3.8, 4) is 0 Å². The lowest BCUT2D eigenvalue weighted by molar-refractivity contribution is 0.356. The minimum Gasteiger partial charge on any atom is -0.216 e. The smallest absolute Gasteiger partial charge is 0.216 e. The highest BCUT2D eigenvalue weighted by atomic mass is 32.2. The van der Waals surface area contributed by atoms with E-state index in [2.05, 4.69) is 0 Å². The summed E-state index contributed by atoms with van der Waals surface area (Å²) in [5.74, 6) is -0.230. The van der Waals surface area contributed by atoms with E-state index in [4.69, 9.17) is 5.14 Å². The third-order valence-corrected chi connectivity index (χ3v) is 4.23. The van der Waals surface area contributed by atoms with Gasteiger partial charge in [0.05, 0.1) is 6.04 Å². The van der Waals surface area contributed by atoms with Crippen LogP contribution in [0.1, 0.15) is 24.9 Å². The summed E-state index contributed by atoms with van der Waals surface area (Å²) in [5.41, 5.74) is 0.657. The average Bonchev–Trinajstić information content (AvgIpc) is 2.59. The van der Waals surface area contributed by atoms with Crippen molar-refractivity contribution in [2.24, 2.45) is 11.1 Å². The lowest BCUT2D eigenvalue weighted by Gasteiger charge is -2.24. The molecule has 0 bridgehead atoms. The Morgan fingerprint density at radius 1 is 1.47 bits per heavy atom. The molecule has 6 heteroatoms. The molecule has 0 spiro atoms. The quantitative estimate of drug-likeness (QED) is 0.871. The van der Waals surface area contributed by atoms with Gasteiger partial charge in [0.1, 0.15) is 5.82 Å². The van der Waals surface area contributed by atoms with Crippen LogP contribution < -0.4 is 5.14 Å². The van der Waals surface area contributed by atoms with Crippen molar-refractivity contribution in [1.82, 2.24) is 4.31 Å². The first kappa shape index (κ1) is 12.5. The van der Waals surface area contributed by atoms with E-state index in [0.717, 1.165) is 6.42 Å². The van der Waals surface area contributed by atoms with Gasteiger partial charge in [0, 0.05) is 6.54 Å². The molecule has 2 N–H and O–H groups in total. The largest absolute Gasteiger partial charge is 0.277 e. The Labute approximate surface area is 100 Å². The van der Waals surface area contributed by atoms with Crippen LogP contribution in [0.4, 0.5) is 4.39 Å². The summed E-state index contributed by atoms with van der Waals surface area (Å²) < 4.78 is 37.3. The van der Waals surface area contributed by atoms with Crippen LogP contribution in [0.5, 0.6) is 0 Å². The van der Waals surface area contributed by atoms with Crippen LogP contribution in [0, 0.1) is 11.7 Å². The van der Waals surface area contributed by atoms with E-state index in [0.29, 0.717) is 12.1 Å². The summed E-state index contributed by atoms with van der Waals surface area (Å²) in [5, 5.41) is 5.17. The Morgan fingerprint density at radius 2 is 2.18 bits per heavy atom. The van der Waals surface area contributed by atoms with Gasteiger partial charge < -0.3 is 0 Å². The third kappa shape index (κ3) is 2.48. The zero-order valence-electron chi connectivity index (χ0n) is 9.51. The number of benzene rings is 1. The molecule has 1 heterocycles. The SMILES string of the molecule is C[C@H]1CCN(S(N)(=O)=O)[C@@H]1c1cccc(F)c1. The number of hydrogen-bond donors (Lipinski definition) is 1. The fraction of sp³-hybridized carbons (Fsp3) is 0.455. The van der Waals surface area contributed by atoms with Gasteiger partial charge in [-0.25, -0.2) is 9.53 Å². The Morgan fingerprint density at radius 3 is 2.76 bits per heavy atom. The monoisotopic (exact) mass is 258 g/mol. The van der Waals surface area contributed by atoms with Crippen molar-refractivity contribution >= 4 is 10.2 Å². The number of rotatable bonds is 2. The zero-order chi connectivity index (χ0) is 12.6. The average molecular weight is 258 g/mol. The molecule has 94 valence electrons. The Balaban J connectivity index is 2.41. The highest BCUT2D eigenvalue weighted by molar-refractivity contribution is 7.86. The highest BCUT2D eigenvalue weighted by Gasteiger charge is 2.38. The fourth-order valence-electron chi connectivity index (χ4n) is 2.38. The molecule has 4 nitrogen and oxygen atoms in total. The van der Waals surface area contributed by atoms with Gasteiger partial charge in [-0.05, 0) is 30.0 Å². The predicted molar refractivity (Wildman–Crippen MR) is 62.7 cm³/mol. The maximum Gasteiger partial charge on any atom is 0.277 e. The summed E-state index contributed by atoms with van der Waals surface area (Å²) >= 11 is 0. The van der Waals surface area contributed by atoms with Gasteiger partial charge >= 0.3 is 0 Å². The van der Waals surface area contributed by atoms with Crippen molar-refractivity contribution in [3.63, 3.8) is 0 Å². The first-order valence-corrected chi connectivity index (χ1v) is 6.95. The van der Waals surface area contributed by atoms with E-state index in [1.807, 2.05) is 6.92 Å². The molecule has 1 fully saturated rings. The third-order valence-electron chi connectivity index (χ3n) is 3.17. The van der Waals surface area contributed by atoms with Gasteiger partial charge in [-0.1, -0.05) is 19.1 Å². The molecule has 1 aliphatic rings. The molecule has 1 saturated heterocycles. The molecule has 0 aliphatic carbocycles. The van der Waals surface area contributed by atoms with E-state index in [9.17, 15) is 12.8 Å². The molecule has 2 rings (SSSR count). The fourth-order valence-corrected chi connectivity index (χ4v) is 3.39. The Kier molecular flexibility index (Phi) is 3.20. The summed E-state index contributed by atoms with van der Waals surface area (Å²) in [6, 6.07) is 5.65. The van der Waals surface area contributed by atoms with Gasteiger partial charge in [-0.15, -0.1) is 0 Å². The maximum absolute atomic E-state index is 13.2. The van der Waals surface area contributed by atoms with Crippen molar-refractivity contribution in [2.75, 3.05) is 6.54 Å². The predicted octanol–water partition coefficient (Wildman–Crippen LogP) is 1.41. The van der Waals surface area contributed by atoms with Crippen molar-refractivity contribution in [1.29, 1.82) is 0 Å². The molecule has 1 aromatic carbocycles. The van der Waals surface area contributed by atoms with Crippen molar-refractivity contribution in [2.45, 2.75) is 19.4 Å². The minimum absolute atomic E-state index is 0.134. The lowest BCUT2D eigenvalue weighted by Crippen LogP contribution is -2.37. The van der Waals surface area contributed by atoms with Crippen LogP contribution in [0.25, 0.3) is 0 Å². The molecular formula is C11H15FN2O2S. The number of hydrogen-bond acceptors (Lipinski definition) is 2. The molecule has 0 aromatic heterocycles. The summed E-state index contributed by atoms with van der Waals surface area (Å²) in [6.45, 7) is 2.34. The standard InChI is InChI=1S/C11H15FN2O2S/c1-8-5-6-14(17(13,15)16)11(8)9-3-2-4-10(12)7-9/h2-4,7-8,11H,5-6H2,1H3,(H2,13,15,16)/t8-,11-/m0/s1. The van der Waals surface area contributed by atoms with Crippen LogP contribution in [0.2, 0.25) is 0 Å². The van der Waals surface area contributed by atoms with Crippen LogP contribution in [-0.4, -0.2) is 19.3 Å². The number of nitrogens with two attached hydrogens (primary N) is 1. The topological polar surface area (TPSA) is 63.4 Å². The van der Waals surface area contributed by atoms with Crippen molar-refractivity contribution < 1.29 is 12.8 Å². The van der Waals surface area contributed by atoms with E-state index in [-0.39, 0.29) is 17.8 Å². The molecule has 1 aromatic rings. The number of halogens is 1. The van der Waals surface area contributed by atoms with Gasteiger partial charge in [-0.3, -0.25) is 0 Å². The Hall–Kier alpha value is -0.980. The Bertz CT molecular complexity index is 518. The van der Waals surface area contributed by atoms with Crippen LogP contribution in [0.3, 0.4) is 0 Å². The summed E-state index contributed by atoms with van der Waals surface area (Å²) in [4.78, 5) is 0. The van der Waals surface area contributed by atoms with Crippen LogP contribution in [-0.2, 0) is 10.2 Å². The summed E-state index contributed by atoms with van der Waals surface area (Å²) in [6.07, 6.45) is 0.734. The van der Waals surface area contributed by atoms with Crippen molar-refractivity contribution in [3.05, 3.63) is 35.6 Å². The second-order valence-electron chi connectivity index (χ2n) is 4.42. The van der Waals surface area contributed by atoms with E-state index < -0.39 is 10.2 Å². The lowest BCUT2D eigenvalue weighted by atomic mass is 9.96. The minimum atomic E-state index is -3.73. The normalized spacial score (nSPS) is 26.3.